The third-order valence-corrected chi connectivity index (χ3v) is 5.50. The number of methoxy groups -OCH3 is 3. The van der Waals surface area contributed by atoms with Gasteiger partial charge in [0.2, 0.25) is 0 Å². The monoisotopic (exact) mass is 429 g/mol. The van der Waals surface area contributed by atoms with Crippen molar-refractivity contribution in [1.29, 1.82) is 0 Å². The number of hydrogen-bond donors (Lipinski definition) is 2. The number of fused-ring (bicyclic) bond motifs is 1. The standard InChI is InChI=1S/C21H23N3O5S/c1-24(2)21(26)30-17-9-7-6-8-13(17)23-20(25)14-10-12-15(27-3)11-16(28-4)19(29-5)18(12)22-14/h6-11,22H,1-5H3,(H,23,25). The highest BCUT2D eigenvalue weighted by Crippen LogP contribution is 2.41. The minimum absolute atomic E-state index is 0.135. The van der Waals surface area contributed by atoms with E-state index < -0.39 is 0 Å². The molecule has 1 heterocycles. The molecule has 2 aromatic carbocycles. The van der Waals surface area contributed by atoms with Crippen molar-refractivity contribution < 1.29 is 23.8 Å². The summed E-state index contributed by atoms with van der Waals surface area (Å²) in [6.07, 6.45) is 0. The first-order chi connectivity index (χ1) is 14.4. The van der Waals surface area contributed by atoms with Crippen LogP contribution in [0.2, 0.25) is 0 Å². The van der Waals surface area contributed by atoms with Crippen LogP contribution >= 0.6 is 11.8 Å². The van der Waals surface area contributed by atoms with Crippen molar-refractivity contribution in [2.45, 2.75) is 4.90 Å². The minimum atomic E-state index is -0.361. The lowest BCUT2D eigenvalue weighted by molar-refractivity contribution is 0.102. The molecule has 1 aromatic heterocycles. The number of aromatic nitrogens is 1. The summed E-state index contributed by atoms with van der Waals surface area (Å²) in [5, 5.41) is 3.41. The summed E-state index contributed by atoms with van der Waals surface area (Å²) in [5.41, 5.74) is 1.44. The van der Waals surface area contributed by atoms with E-state index in [1.54, 1.807) is 51.5 Å². The van der Waals surface area contributed by atoms with E-state index in [-0.39, 0.29) is 11.1 Å². The van der Waals surface area contributed by atoms with Gasteiger partial charge in [-0.2, -0.15) is 0 Å². The molecule has 158 valence electrons. The van der Waals surface area contributed by atoms with Gasteiger partial charge in [-0.3, -0.25) is 9.59 Å². The molecule has 3 aromatic rings. The third-order valence-electron chi connectivity index (χ3n) is 4.38. The smallest absolute Gasteiger partial charge is 0.286 e. The fraction of sp³-hybridized carbons (Fsp3) is 0.238. The predicted molar refractivity (Wildman–Crippen MR) is 117 cm³/mol. The number of nitrogens with zero attached hydrogens (tertiary/aromatic N) is 1. The Hall–Kier alpha value is -3.33. The number of thioether (sulfide) groups is 1. The molecule has 0 saturated heterocycles. The van der Waals surface area contributed by atoms with Crippen molar-refractivity contribution in [1.82, 2.24) is 9.88 Å². The number of para-hydroxylation sites is 1. The second-order valence-electron chi connectivity index (χ2n) is 6.50. The van der Waals surface area contributed by atoms with Crippen molar-refractivity contribution in [3.63, 3.8) is 0 Å². The Morgan fingerprint density at radius 1 is 1.00 bits per heavy atom. The number of hydrogen-bond acceptors (Lipinski definition) is 6. The Morgan fingerprint density at radius 2 is 1.70 bits per heavy atom. The zero-order chi connectivity index (χ0) is 21.8. The van der Waals surface area contributed by atoms with Crippen LogP contribution in [0.4, 0.5) is 10.5 Å². The number of nitrogens with one attached hydrogen (secondary N) is 2. The summed E-state index contributed by atoms with van der Waals surface area (Å²) in [7, 11) is 7.96. The van der Waals surface area contributed by atoms with Crippen molar-refractivity contribution in [3.8, 4) is 17.2 Å². The van der Waals surface area contributed by atoms with Crippen LogP contribution in [-0.2, 0) is 0 Å². The molecule has 0 saturated carbocycles. The highest BCUT2D eigenvalue weighted by molar-refractivity contribution is 8.13. The fourth-order valence-corrected chi connectivity index (χ4v) is 3.64. The highest BCUT2D eigenvalue weighted by Gasteiger charge is 2.20. The summed E-state index contributed by atoms with van der Waals surface area (Å²) < 4.78 is 16.2. The second-order valence-corrected chi connectivity index (χ2v) is 7.49. The molecule has 0 bridgehead atoms. The topological polar surface area (TPSA) is 92.9 Å². The normalized spacial score (nSPS) is 10.6. The number of anilines is 1. The van der Waals surface area contributed by atoms with Gasteiger partial charge < -0.3 is 29.4 Å². The maximum atomic E-state index is 12.9. The summed E-state index contributed by atoms with van der Waals surface area (Å²) in [6, 6.07) is 10.5. The average molecular weight is 429 g/mol. The van der Waals surface area contributed by atoms with Crippen LogP contribution in [0.3, 0.4) is 0 Å². The first kappa shape index (κ1) is 21.4. The first-order valence-corrected chi connectivity index (χ1v) is 9.82. The van der Waals surface area contributed by atoms with Crippen LogP contribution in [0.1, 0.15) is 10.5 Å². The Kier molecular flexibility index (Phi) is 6.41. The lowest BCUT2D eigenvalue weighted by atomic mass is 10.2. The van der Waals surface area contributed by atoms with E-state index in [0.29, 0.717) is 44.4 Å². The molecular formula is C21H23N3O5S. The lowest BCUT2D eigenvalue weighted by Crippen LogP contribution is -2.17. The SMILES string of the molecule is COc1cc(OC)c2cc(C(=O)Nc3ccccc3SC(=O)N(C)C)[nH]c2c1OC. The van der Waals surface area contributed by atoms with Crippen LogP contribution in [0.5, 0.6) is 17.2 Å². The van der Waals surface area contributed by atoms with E-state index in [2.05, 4.69) is 10.3 Å². The van der Waals surface area contributed by atoms with Gasteiger partial charge in [0.1, 0.15) is 11.4 Å². The minimum Gasteiger partial charge on any atom is -0.496 e. The Labute approximate surface area is 178 Å². The molecule has 0 spiro atoms. The van der Waals surface area contributed by atoms with Crippen LogP contribution in [-0.4, -0.2) is 56.5 Å². The number of amides is 2. The van der Waals surface area contributed by atoms with Gasteiger partial charge in [0, 0.05) is 30.4 Å². The molecule has 0 aliphatic carbocycles. The fourth-order valence-electron chi connectivity index (χ4n) is 2.89. The third kappa shape index (κ3) is 4.16. The molecule has 0 fully saturated rings. The number of rotatable bonds is 6. The molecule has 0 unspecified atom stereocenters. The van der Waals surface area contributed by atoms with Crippen LogP contribution < -0.4 is 19.5 Å². The van der Waals surface area contributed by atoms with Crippen LogP contribution in [0.25, 0.3) is 10.9 Å². The molecule has 3 rings (SSSR count). The van der Waals surface area contributed by atoms with Gasteiger partial charge in [0.05, 0.1) is 32.5 Å². The Bertz CT molecular complexity index is 1090. The molecule has 0 aliphatic heterocycles. The molecule has 2 amide bonds. The summed E-state index contributed by atoms with van der Waals surface area (Å²) >= 11 is 1.04. The van der Waals surface area contributed by atoms with Gasteiger partial charge >= 0.3 is 0 Å². The van der Waals surface area contributed by atoms with Gasteiger partial charge in [0.15, 0.2) is 11.5 Å². The largest absolute Gasteiger partial charge is 0.496 e. The molecule has 30 heavy (non-hydrogen) atoms. The predicted octanol–water partition coefficient (Wildman–Crippen LogP) is 4.22. The Morgan fingerprint density at radius 3 is 2.33 bits per heavy atom. The van der Waals surface area contributed by atoms with Crippen molar-refractivity contribution in [2.75, 3.05) is 40.7 Å². The summed E-state index contributed by atoms with van der Waals surface area (Å²) in [6.45, 7) is 0. The number of aromatic amines is 1. The average Bonchev–Trinajstić information content (AvgIpc) is 3.19. The molecule has 0 aliphatic rings. The molecule has 0 radical (unpaired) electrons. The molecule has 0 atom stereocenters. The van der Waals surface area contributed by atoms with E-state index in [0.717, 1.165) is 11.8 Å². The number of carbonyl (C=O) groups excluding carboxylic acids is 2. The second kappa shape index (κ2) is 9.00. The first-order valence-electron chi connectivity index (χ1n) is 9.00. The highest BCUT2D eigenvalue weighted by atomic mass is 32.2. The van der Waals surface area contributed by atoms with Crippen molar-refractivity contribution >= 4 is 39.5 Å². The molecule has 2 N–H and O–H groups in total. The van der Waals surface area contributed by atoms with Crippen molar-refractivity contribution in [2.24, 2.45) is 0 Å². The van der Waals surface area contributed by atoms with Gasteiger partial charge in [-0.1, -0.05) is 12.1 Å². The lowest BCUT2D eigenvalue weighted by Gasteiger charge is -2.12. The zero-order valence-corrected chi connectivity index (χ0v) is 18.2. The summed E-state index contributed by atoms with van der Waals surface area (Å²) in [4.78, 5) is 30.2. The Balaban J connectivity index is 1.96. The van der Waals surface area contributed by atoms with Crippen LogP contribution in [0.15, 0.2) is 41.3 Å². The van der Waals surface area contributed by atoms with E-state index in [1.165, 1.54) is 19.1 Å². The number of benzene rings is 2. The number of carbonyl (C=O) groups is 2. The number of H-pyrrole nitrogens is 1. The van der Waals surface area contributed by atoms with Gasteiger partial charge in [-0.15, -0.1) is 0 Å². The van der Waals surface area contributed by atoms with Gasteiger partial charge in [-0.25, -0.2) is 0 Å². The molecular weight excluding hydrogens is 406 g/mol. The summed E-state index contributed by atoms with van der Waals surface area (Å²) in [5.74, 6) is 1.14. The van der Waals surface area contributed by atoms with E-state index in [1.807, 2.05) is 6.07 Å². The van der Waals surface area contributed by atoms with E-state index in [9.17, 15) is 9.59 Å². The van der Waals surface area contributed by atoms with E-state index in [4.69, 9.17) is 14.2 Å². The van der Waals surface area contributed by atoms with Gasteiger partial charge in [0.25, 0.3) is 11.1 Å². The van der Waals surface area contributed by atoms with E-state index >= 15 is 0 Å². The number of ether oxygens (including phenoxy) is 3. The van der Waals surface area contributed by atoms with Crippen LogP contribution in [0, 0.1) is 0 Å². The molecule has 8 nitrogen and oxygen atoms in total. The molecule has 9 heteroatoms. The zero-order valence-electron chi connectivity index (χ0n) is 17.4. The maximum absolute atomic E-state index is 12.9. The maximum Gasteiger partial charge on any atom is 0.286 e. The quantitative estimate of drug-likeness (QED) is 0.570. The van der Waals surface area contributed by atoms with Gasteiger partial charge in [-0.05, 0) is 30.0 Å². The van der Waals surface area contributed by atoms with Crippen molar-refractivity contribution in [3.05, 3.63) is 42.1 Å².